The molecule has 1 aromatic rings. The second-order valence-corrected chi connectivity index (χ2v) is 10.2. The van der Waals surface area contributed by atoms with Gasteiger partial charge in [-0.25, -0.2) is 13.2 Å². The van der Waals surface area contributed by atoms with Crippen molar-refractivity contribution in [1.29, 1.82) is 0 Å². The Morgan fingerprint density at radius 3 is 2.00 bits per heavy atom. The van der Waals surface area contributed by atoms with E-state index in [2.05, 4.69) is 13.8 Å². The Hall–Kier alpha value is -1.97. The second kappa shape index (κ2) is 8.41. The molecule has 0 unspecified atom stereocenters. The molecule has 8 nitrogen and oxygen atoms in total. The van der Waals surface area contributed by atoms with Crippen molar-refractivity contribution in [2.75, 3.05) is 39.4 Å². The van der Waals surface area contributed by atoms with Crippen molar-refractivity contribution in [1.82, 2.24) is 19.0 Å². The molecule has 1 aromatic carbocycles. The van der Waals surface area contributed by atoms with E-state index in [9.17, 15) is 18.0 Å². The molecule has 2 fully saturated rings. The van der Waals surface area contributed by atoms with E-state index in [1.54, 1.807) is 12.1 Å². The number of rotatable bonds is 6. The Labute approximate surface area is 173 Å². The molecule has 9 heteroatoms. The number of carbonyl (C=O) groups excluding carboxylic acids is 2. The summed E-state index contributed by atoms with van der Waals surface area (Å²) >= 11 is 0. The zero-order valence-electron chi connectivity index (χ0n) is 17.5. The van der Waals surface area contributed by atoms with Crippen LogP contribution in [0, 0.1) is 0 Å². The summed E-state index contributed by atoms with van der Waals surface area (Å²) in [6, 6.07) is 6.64. The van der Waals surface area contributed by atoms with Gasteiger partial charge >= 0.3 is 6.03 Å². The van der Waals surface area contributed by atoms with Crippen LogP contribution in [0.15, 0.2) is 29.2 Å². The minimum absolute atomic E-state index is 0.0811. The number of sulfonamides is 1. The molecule has 2 heterocycles. The minimum atomic E-state index is -3.53. The summed E-state index contributed by atoms with van der Waals surface area (Å²) in [6.07, 6.45) is 0. The molecule has 0 aromatic heterocycles. The first-order valence-electron chi connectivity index (χ1n) is 10.0. The van der Waals surface area contributed by atoms with Crippen LogP contribution in [-0.4, -0.2) is 84.8 Å². The van der Waals surface area contributed by atoms with Crippen molar-refractivity contribution in [2.24, 2.45) is 0 Å². The van der Waals surface area contributed by atoms with Gasteiger partial charge in [-0.3, -0.25) is 14.6 Å². The van der Waals surface area contributed by atoms with Crippen molar-refractivity contribution >= 4 is 22.0 Å². The summed E-state index contributed by atoms with van der Waals surface area (Å²) in [5.74, 6) is 0.165. The smallest absolute Gasteiger partial charge is 0.302 e. The van der Waals surface area contributed by atoms with Gasteiger partial charge < -0.3 is 4.90 Å². The highest BCUT2D eigenvalue weighted by Gasteiger charge is 2.39. The van der Waals surface area contributed by atoms with Crippen LogP contribution in [0.2, 0.25) is 0 Å². The third kappa shape index (κ3) is 4.46. The molecule has 2 saturated heterocycles. The molecule has 160 valence electrons. The Morgan fingerprint density at radius 1 is 0.931 bits per heavy atom. The number of hydrogen-bond acceptors (Lipinski definition) is 5. The van der Waals surface area contributed by atoms with E-state index < -0.39 is 10.0 Å². The Balaban J connectivity index is 1.59. The van der Waals surface area contributed by atoms with Gasteiger partial charge in [-0.1, -0.05) is 26.0 Å². The SMILES string of the molecule is CC(C)c1ccc(S(=O)(=O)N2CCN(CN3CC(=O)N(C(C)C)C3=O)CC2)cc1. The molecule has 3 amide bonds. The van der Waals surface area contributed by atoms with Crippen molar-refractivity contribution in [2.45, 2.75) is 44.6 Å². The van der Waals surface area contributed by atoms with Crippen LogP contribution < -0.4 is 0 Å². The summed E-state index contributed by atoms with van der Waals surface area (Å²) in [5.41, 5.74) is 1.11. The largest absolute Gasteiger partial charge is 0.328 e. The number of benzene rings is 1. The molecule has 29 heavy (non-hydrogen) atoms. The fraction of sp³-hybridized carbons (Fsp3) is 0.600. The molecule has 3 rings (SSSR count). The summed E-state index contributed by atoms with van der Waals surface area (Å²) in [4.78, 5) is 29.6. The number of hydrogen-bond donors (Lipinski definition) is 0. The van der Waals surface area contributed by atoms with Gasteiger partial charge in [0.1, 0.15) is 6.54 Å². The van der Waals surface area contributed by atoms with Gasteiger partial charge in [0.05, 0.1) is 11.6 Å². The Bertz CT molecular complexity index is 859. The van der Waals surface area contributed by atoms with Gasteiger partial charge in [-0.15, -0.1) is 0 Å². The quantitative estimate of drug-likeness (QED) is 0.653. The Morgan fingerprint density at radius 2 is 1.52 bits per heavy atom. The van der Waals surface area contributed by atoms with Gasteiger partial charge in [-0.2, -0.15) is 4.31 Å². The molecule has 2 aliphatic heterocycles. The number of amides is 3. The third-order valence-electron chi connectivity index (χ3n) is 5.47. The van der Waals surface area contributed by atoms with Crippen molar-refractivity contribution < 1.29 is 18.0 Å². The standard InChI is InChI=1S/C20H30N4O4S/c1-15(2)17-5-7-18(8-6-17)29(27,28)23-11-9-21(10-12-23)14-22-13-19(25)24(16(3)4)20(22)26/h5-8,15-16H,9-14H2,1-4H3. The van der Waals surface area contributed by atoms with Crippen LogP contribution >= 0.6 is 0 Å². The van der Waals surface area contributed by atoms with Gasteiger partial charge in [-0.05, 0) is 37.5 Å². The van der Waals surface area contributed by atoms with Crippen molar-refractivity contribution in [3.63, 3.8) is 0 Å². The predicted molar refractivity (Wildman–Crippen MR) is 110 cm³/mol. The predicted octanol–water partition coefficient (Wildman–Crippen LogP) is 1.75. The lowest BCUT2D eigenvalue weighted by Crippen LogP contribution is -2.52. The lowest BCUT2D eigenvalue weighted by molar-refractivity contribution is -0.126. The fourth-order valence-corrected chi connectivity index (χ4v) is 5.13. The third-order valence-corrected chi connectivity index (χ3v) is 7.39. The van der Waals surface area contributed by atoms with Gasteiger partial charge in [0, 0.05) is 32.2 Å². The zero-order valence-corrected chi connectivity index (χ0v) is 18.4. The molecular weight excluding hydrogens is 392 g/mol. The monoisotopic (exact) mass is 422 g/mol. The maximum atomic E-state index is 12.9. The Kier molecular flexibility index (Phi) is 6.30. The number of nitrogens with zero attached hydrogens (tertiary/aromatic N) is 4. The highest BCUT2D eigenvalue weighted by Crippen LogP contribution is 2.22. The van der Waals surface area contributed by atoms with Gasteiger partial charge in [0.25, 0.3) is 5.91 Å². The fourth-order valence-electron chi connectivity index (χ4n) is 3.71. The lowest BCUT2D eigenvalue weighted by atomic mass is 10.0. The summed E-state index contributed by atoms with van der Waals surface area (Å²) in [5, 5.41) is 0. The van der Waals surface area contributed by atoms with Crippen LogP contribution in [0.3, 0.4) is 0 Å². The molecule has 0 aliphatic carbocycles. The maximum Gasteiger partial charge on any atom is 0.328 e. The van der Waals surface area contributed by atoms with Gasteiger partial charge in [0.2, 0.25) is 10.0 Å². The van der Waals surface area contributed by atoms with Gasteiger partial charge in [0.15, 0.2) is 0 Å². The molecule has 0 spiro atoms. The zero-order chi connectivity index (χ0) is 21.3. The van der Waals surface area contributed by atoms with Crippen LogP contribution in [0.25, 0.3) is 0 Å². The minimum Gasteiger partial charge on any atom is -0.302 e. The van der Waals surface area contributed by atoms with E-state index in [4.69, 9.17) is 0 Å². The topological polar surface area (TPSA) is 81.2 Å². The summed E-state index contributed by atoms with van der Waals surface area (Å²) in [6.45, 7) is 9.95. The molecule has 0 radical (unpaired) electrons. The highest BCUT2D eigenvalue weighted by atomic mass is 32.2. The lowest BCUT2D eigenvalue weighted by Gasteiger charge is -2.35. The van der Waals surface area contributed by atoms with Crippen molar-refractivity contribution in [3.05, 3.63) is 29.8 Å². The van der Waals surface area contributed by atoms with Crippen molar-refractivity contribution in [3.8, 4) is 0 Å². The van der Waals surface area contributed by atoms with E-state index in [1.165, 1.54) is 14.1 Å². The molecular formula is C20H30N4O4S. The van der Waals surface area contributed by atoms with E-state index in [0.29, 0.717) is 43.7 Å². The van der Waals surface area contributed by atoms with Crippen LogP contribution in [-0.2, 0) is 14.8 Å². The second-order valence-electron chi connectivity index (χ2n) is 8.23. The first kappa shape index (κ1) is 21.7. The van der Waals surface area contributed by atoms with Crippen LogP contribution in [0.5, 0.6) is 0 Å². The summed E-state index contributed by atoms with van der Waals surface area (Å²) < 4.78 is 27.3. The normalized spacial score (nSPS) is 19.8. The number of urea groups is 1. The van der Waals surface area contributed by atoms with E-state index >= 15 is 0 Å². The molecule has 0 atom stereocenters. The molecule has 0 saturated carbocycles. The maximum absolute atomic E-state index is 12.9. The molecule has 2 aliphatic rings. The first-order chi connectivity index (χ1) is 13.6. The van der Waals surface area contributed by atoms with E-state index in [-0.39, 0.29) is 24.5 Å². The number of imide groups is 1. The van der Waals surface area contributed by atoms with E-state index in [1.807, 2.05) is 30.9 Å². The highest BCUT2D eigenvalue weighted by molar-refractivity contribution is 7.89. The molecule has 0 N–H and O–H groups in total. The number of piperazine rings is 1. The average Bonchev–Trinajstić information content (AvgIpc) is 2.95. The average molecular weight is 423 g/mol. The van der Waals surface area contributed by atoms with E-state index in [0.717, 1.165) is 5.56 Å². The first-order valence-corrected chi connectivity index (χ1v) is 11.5. The number of carbonyl (C=O) groups is 2. The van der Waals surface area contributed by atoms with Crippen LogP contribution in [0.4, 0.5) is 4.79 Å². The summed E-state index contributed by atoms with van der Waals surface area (Å²) in [7, 11) is -3.53. The molecule has 0 bridgehead atoms. The van der Waals surface area contributed by atoms with Crippen LogP contribution in [0.1, 0.15) is 39.2 Å².